The van der Waals surface area contributed by atoms with Gasteiger partial charge >= 0.3 is 6.16 Å². The topological polar surface area (TPSA) is 65.0 Å². The molecule has 74 valence electrons. The molecule has 1 heterocycles. The van der Waals surface area contributed by atoms with Crippen molar-refractivity contribution in [3.05, 3.63) is 0 Å². The predicted octanol–water partition coefficient (Wildman–Crippen LogP) is 0.0779. The van der Waals surface area contributed by atoms with Gasteiger partial charge in [-0.2, -0.15) is 0 Å². The molecule has 0 radical (unpaired) electrons. The van der Waals surface area contributed by atoms with Crippen LogP contribution >= 0.6 is 9.47 Å². The van der Waals surface area contributed by atoms with E-state index in [1.54, 1.807) is 0 Å². The summed E-state index contributed by atoms with van der Waals surface area (Å²) in [7, 11) is 2.15. The summed E-state index contributed by atoms with van der Waals surface area (Å²) in [5, 5.41) is 9.06. The number of aliphatic hydroxyl groups excluding tert-OH is 1. The Morgan fingerprint density at radius 3 is 3.00 bits per heavy atom. The Morgan fingerprint density at radius 1 is 1.62 bits per heavy atom. The van der Waals surface area contributed by atoms with Crippen LogP contribution in [0.5, 0.6) is 0 Å². The van der Waals surface area contributed by atoms with Gasteiger partial charge in [-0.3, -0.25) is 0 Å². The molecule has 5 unspecified atom stereocenters. The predicted molar refractivity (Wildman–Crippen MR) is 44.9 cm³/mol. The third-order valence-corrected chi connectivity index (χ3v) is 2.95. The molecule has 5 atom stereocenters. The van der Waals surface area contributed by atoms with Crippen molar-refractivity contribution in [2.45, 2.75) is 24.7 Å². The van der Waals surface area contributed by atoms with Gasteiger partial charge in [0.1, 0.15) is 12.2 Å². The van der Waals surface area contributed by atoms with Gasteiger partial charge in [0, 0.05) is 21.8 Å². The summed E-state index contributed by atoms with van der Waals surface area (Å²) in [6.07, 6.45) is -0.766. The summed E-state index contributed by atoms with van der Waals surface area (Å²) in [5.41, 5.74) is 0. The van der Waals surface area contributed by atoms with Crippen LogP contribution in [-0.4, -0.2) is 36.2 Å². The van der Waals surface area contributed by atoms with Crippen molar-refractivity contribution in [1.29, 1.82) is 0 Å². The SMILES string of the molecule is O=C1OC2CC(OP)C(CO)C2O1. The van der Waals surface area contributed by atoms with Crippen molar-refractivity contribution in [2.75, 3.05) is 6.61 Å². The molecule has 0 spiro atoms. The van der Waals surface area contributed by atoms with E-state index in [2.05, 4.69) is 9.47 Å². The molecule has 6 heteroatoms. The fourth-order valence-corrected chi connectivity index (χ4v) is 2.26. The van der Waals surface area contributed by atoms with E-state index in [4.69, 9.17) is 19.1 Å². The summed E-state index contributed by atoms with van der Waals surface area (Å²) >= 11 is 0. The number of hydrogen-bond donors (Lipinski definition) is 1. The molecule has 1 saturated carbocycles. The molecule has 5 nitrogen and oxygen atoms in total. The van der Waals surface area contributed by atoms with Crippen LogP contribution in [0.4, 0.5) is 4.79 Å². The lowest BCUT2D eigenvalue weighted by Gasteiger charge is -2.17. The van der Waals surface area contributed by atoms with E-state index >= 15 is 0 Å². The molecular formula is C7H11O5P. The molecule has 1 saturated heterocycles. The Hall–Kier alpha value is -0.380. The smallest absolute Gasteiger partial charge is 0.427 e. The first-order valence-electron chi connectivity index (χ1n) is 4.10. The fourth-order valence-electron chi connectivity index (χ4n) is 1.94. The second-order valence-corrected chi connectivity index (χ2v) is 3.52. The Bertz CT molecular complexity index is 221. The summed E-state index contributed by atoms with van der Waals surface area (Å²) in [6, 6.07) is 0. The highest BCUT2D eigenvalue weighted by Gasteiger charge is 2.52. The van der Waals surface area contributed by atoms with Crippen LogP contribution in [0.1, 0.15) is 6.42 Å². The number of carbonyl (C=O) groups excluding carboxylic acids is 1. The number of carbonyl (C=O) groups is 1. The molecule has 1 aliphatic carbocycles. The first kappa shape index (κ1) is 9.19. The lowest BCUT2D eigenvalue weighted by Crippen LogP contribution is -2.29. The second-order valence-electron chi connectivity index (χ2n) is 3.25. The normalized spacial score (nSPS) is 42.8. The standard InChI is InChI=1S/C7H11O5P/c8-2-3-4(12-13)1-5-6(3)11-7(9)10-5/h3-6,8H,1-2,13H2. The van der Waals surface area contributed by atoms with E-state index in [-0.39, 0.29) is 30.8 Å². The second kappa shape index (κ2) is 3.40. The van der Waals surface area contributed by atoms with E-state index in [9.17, 15) is 4.79 Å². The summed E-state index contributed by atoms with van der Waals surface area (Å²) in [4.78, 5) is 10.7. The maximum absolute atomic E-state index is 10.7. The zero-order valence-electron chi connectivity index (χ0n) is 6.88. The van der Waals surface area contributed by atoms with Gasteiger partial charge in [0.15, 0.2) is 0 Å². The molecular weight excluding hydrogens is 195 g/mol. The minimum Gasteiger partial charge on any atom is -0.427 e. The van der Waals surface area contributed by atoms with E-state index in [1.165, 1.54) is 0 Å². The molecule has 0 bridgehead atoms. The third-order valence-electron chi connectivity index (χ3n) is 2.60. The zero-order chi connectivity index (χ0) is 9.42. The van der Waals surface area contributed by atoms with Crippen LogP contribution in [0.15, 0.2) is 0 Å². The molecule has 1 N–H and O–H groups in total. The fraction of sp³-hybridized carbons (Fsp3) is 0.857. The monoisotopic (exact) mass is 206 g/mol. The van der Waals surface area contributed by atoms with Crippen molar-refractivity contribution in [1.82, 2.24) is 0 Å². The van der Waals surface area contributed by atoms with Crippen LogP contribution in [0.3, 0.4) is 0 Å². The molecule has 2 rings (SSSR count). The lowest BCUT2D eigenvalue weighted by atomic mass is 10.1. The third kappa shape index (κ3) is 1.41. The first-order chi connectivity index (χ1) is 6.26. The summed E-state index contributed by atoms with van der Waals surface area (Å²) in [6.45, 7) is -0.0587. The quantitative estimate of drug-likeness (QED) is 0.512. The van der Waals surface area contributed by atoms with E-state index in [1.807, 2.05) is 0 Å². The van der Waals surface area contributed by atoms with Crippen LogP contribution < -0.4 is 0 Å². The Kier molecular flexibility index (Phi) is 2.41. The minimum atomic E-state index is -0.643. The maximum atomic E-state index is 10.7. The van der Waals surface area contributed by atoms with Gasteiger partial charge in [-0.25, -0.2) is 4.79 Å². The van der Waals surface area contributed by atoms with Crippen molar-refractivity contribution in [2.24, 2.45) is 5.92 Å². The van der Waals surface area contributed by atoms with Gasteiger partial charge in [0.2, 0.25) is 0 Å². The molecule has 0 aromatic heterocycles. The highest BCUT2D eigenvalue weighted by Crippen LogP contribution is 2.37. The number of rotatable bonds is 2. The van der Waals surface area contributed by atoms with Crippen LogP contribution in [0.2, 0.25) is 0 Å². The van der Waals surface area contributed by atoms with Gasteiger partial charge in [-0.1, -0.05) is 0 Å². The van der Waals surface area contributed by atoms with Crippen molar-refractivity contribution in [3.63, 3.8) is 0 Å². The average molecular weight is 206 g/mol. The van der Waals surface area contributed by atoms with Gasteiger partial charge < -0.3 is 19.1 Å². The number of ether oxygens (including phenoxy) is 2. The highest BCUT2D eigenvalue weighted by molar-refractivity contribution is 7.09. The summed E-state index contributed by atoms with van der Waals surface area (Å²) in [5.74, 6) is -0.172. The van der Waals surface area contributed by atoms with E-state index in [0.717, 1.165) is 0 Å². The van der Waals surface area contributed by atoms with E-state index < -0.39 is 6.16 Å². The van der Waals surface area contributed by atoms with E-state index in [0.29, 0.717) is 6.42 Å². The largest absolute Gasteiger partial charge is 0.509 e. The zero-order valence-corrected chi connectivity index (χ0v) is 8.04. The first-order valence-corrected chi connectivity index (χ1v) is 4.57. The molecule has 0 aromatic rings. The Balaban J connectivity index is 2.09. The van der Waals surface area contributed by atoms with Gasteiger partial charge in [0.05, 0.1) is 12.7 Å². The lowest BCUT2D eigenvalue weighted by molar-refractivity contribution is 0.0402. The molecule has 2 aliphatic rings. The molecule has 0 aromatic carbocycles. The number of hydrogen-bond acceptors (Lipinski definition) is 5. The number of aliphatic hydroxyl groups is 1. The van der Waals surface area contributed by atoms with Crippen molar-refractivity contribution >= 4 is 15.6 Å². The molecule has 0 amide bonds. The van der Waals surface area contributed by atoms with Crippen LogP contribution in [0, 0.1) is 5.92 Å². The van der Waals surface area contributed by atoms with Crippen molar-refractivity contribution in [3.8, 4) is 0 Å². The van der Waals surface area contributed by atoms with Gasteiger partial charge in [-0.15, -0.1) is 0 Å². The summed E-state index contributed by atoms with van der Waals surface area (Å²) < 4.78 is 14.9. The minimum absolute atomic E-state index is 0.0587. The van der Waals surface area contributed by atoms with Gasteiger partial charge in [-0.05, 0) is 0 Å². The highest BCUT2D eigenvalue weighted by atomic mass is 31.0. The molecule has 2 fully saturated rings. The average Bonchev–Trinajstić information content (AvgIpc) is 2.59. The number of fused-ring (bicyclic) bond motifs is 1. The Labute approximate surface area is 77.6 Å². The van der Waals surface area contributed by atoms with Crippen LogP contribution in [0.25, 0.3) is 0 Å². The molecule has 13 heavy (non-hydrogen) atoms. The molecule has 1 aliphatic heterocycles. The Morgan fingerprint density at radius 2 is 2.38 bits per heavy atom. The van der Waals surface area contributed by atoms with Crippen molar-refractivity contribution < 1.29 is 23.9 Å². The van der Waals surface area contributed by atoms with Crippen LogP contribution in [-0.2, 0) is 14.0 Å². The van der Waals surface area contributed by atoms with Gasteiger partial charge in [0.25, 0.3) is 0 Å². The maximum Gasteiger partial charge on any atom is 0.509 e.